The van der Waals surface area contributed by atoms with E-state index in [1.54, 1.807) is 0 Å². The zero-order chi connectivity index (χ0) is 12.5. The predicted octanol–water partition coefficient (Wildman–Crippen LogP) is 2.81. The van der Waals surface area contributed by atoms with Gasteiger partial charge < -0.3 is 14.6 Å². The van der Waals surface area contributed by atoms with Crippen LogP contribution in [0, 0.1) is 5.41 Å². The van der Waals surface area contributed by atoms with Crippen LogP contribution in [0.4, 0.5) is 0 Å². The number of ether oxygens (including phenoxy) is 2. The minimum absolute atomic E-state index is 0.151. The van der Waals surface area contributed by atoms with Crippen LogP contribution in [-0.2, 0) is 9.47 Å². The van der Waals surface area contributed by atoms with Crippen LogP contribution in [0.5, 0.6) is 0 Å². The van der Waals surface area contributed by atoms with Crippen molar-refractivity contribution >= 4 is 0 Å². The number of aliphatic hydroxyl groups excluding tert-OH is 1. The van der Waals surface area contributed by atoms with Crippen molar-refractivity contribution in [1.29, 1.82) is 0 Å². The first kappa shape index (κ1) is 12.6. The van der Waals surface area contributed by atoms with Crippen molar-refractivity contribution in [2.75, 3.05) is 13.2 Å². The fourth-order valence-electron chi connectivity index (χ4n) is 1.89. The average molecular weight is 236 g/mol. The summed E-state index contributed by atoms with van der Waals surface area (Å²) < 4.78 is 10.8. The van der Waals surface area contributed by atoms with Gasteiger partial charge in [-0.1, -0.05) is 45.0 Å². The molecule has 0 aliphatic carbocycles. The Kier molecular flexibility index (Phi) is 3.52. The van der Waals surface area contributed by atoms with Gasteiger partial charge in [-0.2, -0.15) is 0 Å². The summed E-state index contributed by atoms with van der Waals surface area (Å²) in [5, 5.41) is 10.2. The molecule has 3 nitrogen and oxygen atoms in total. The van der Waals surface area contributed by atoms with Crippen LogP contribution in [0.2, 0.25) is 0 Å². The molecule has 1 fully saturated rings. The Morgan fingerprint density at radius 1 is 1.12 bits per heavy atom. The van der Waals surface area contributed by atoms with Gasteiger partial charge in [-0.05, 0) is 11.0 Å². The standard InChI is InChI=1S/C14H20O3/c1-14(2,3)12(15)10-4-6-11(7-5-10)13-16-8-9-17-13/h4-7,12-13,15H,8-9H2,1-3H3. The highest BCUT2D eigenvalue weighted by atomic mass is 16.7. The van der Waals surface area contributed by atoms with E-state index in [2.05, 4.69) is 0 Å². The number of benzene rings is 1. The van der Waals surface area contributed by atoms with Gasteiger partial charge in [0.15, 0.2) is 6.29 Å². The lowest BCUT2D eigenvalue weighted by Crippen LogP contribution is -2.17. The van der Waals surface area contributed by atoms with Crippen molar-refractivity contribution in [1.82, 2.24) is 0 Å². The van der Waals surface area contributed by atoms with Gasteiger partial charge in [-0.25, -0.2) is 0 Å². The van der Waals surface area contributed by atoms with Crippen LogP contribution >= 0.6 is 0 Å². The van der Waals surface area contributed by atoms with Crippen LogP contribution in [0.15, 0.2) is 24.3 Å². The largest absolute Gasteiger partial charge is 0.388 e. The lowest BCUT2D eigenvalue weighted by Gasteiger charge is -2.26. The zero-order valence-electron chi connectivity index (χ0n) is 10.6. The molecule has 1 atom stereocenters. The van der Waals surface area contributed by atoms with Crippen molar-refractivity contribution in [3.8, 4) is 0 Å². The maximum atomic E-state index is 10.2. The molecule has 1 N–H and O–H groups in total. The number of hydrogen-bond acceptors (Lipinski definition) is 3. The second-order valence-corrected chi connectivity index (χ2v) is 5.51. The van der Waals surface area contributed by atoms with E-state index in [0.717, 1.165) is 11.1 Å². The molecule has 0 saturated carbocycles. The summed E-state index contributed by atoms with van der Waals surface area (Å²) >= 11 is 0. The molecular weight excluding hydrogens is 216 g/mol. The average Bonchev–Trinajstić information content (AvgIpc) is 2.80. The fourth-order valence-corrected chi connectivity index (χ4v) is 1.89. The Balaban J connectivity index is 2.12. The SMILES string of the molecule is CC(C)(C)C(O)c1ccc(C2OCCO2)cc1. The number of hydrogen-bond donors (Lipinski definition) is 1. The van der Waals surface area contributed by atoms with Gasteiger partial charge >= 0.3 is 0 Å². The second-order valence-electron chi connectivity index (χ2n) is 5.51. The van der Waals surface area contributed by atoms with E-state index in [1.807, 2.05) is 45.0 Å². The van der Waals surface area contributed by atoms with Crippen molar-refractivity contribution in [3.63, 3.8) is 0 Å². The minimum atomic E-state index is -0.457. The molecule has 1 aromatic rings. The quantitative estimate of drug-likeness (QED) is 0.858. The third-order valence-corrected chi connectivity index (χ3v) is 2.97. The molecular formula is C14H20O3. The lowest BCUT2D eigenvalue weighted by molar-refractivity contribution is -0.0441. The second kappa shape index (κ2) is 4.77. The van der Waals surface area contributed by atoms with E-state index in [1.165, 1.54) is 0 Å². The van der Waals surface area contributed by atoms with Crippen LogP contribution in [0.25, 0.3) is 0 Å². The highest BCUT2D eigenvalue weighted by molar-refractivity contribution is 5.26. The Morgan fingerprint density at radius 2 is 1.65 bits per heavy atom. The zero-order valence-corrected chi connectivity index (χ0v) is 10.6. The first-order valence-corrected chi connectivity index (χ1v) is 5.99. The van der Waals surface area contributed by atoms with Crippen LogP contribution in [0.3, 0.4) is 0 Å². The molecule has 1 aromatic carbocycles. The molecule has 0 spiro atoms. The molecule has 1 saturated heterocycles. The van der Waals surface area contributed by atoms with Gasteiger partial charge in [0.05, 0.1) is 19.3 Å². The van der Waals surface area contributed by atoms with Gasteiger partial charge in [0.2, 0.25) is 0 Å². The molecule has 1 aliphatic heterocycles. The summed E-state index contributed by atoms with van der Waals surface area (Å²) in [5.41, 5.74) is 1.79. The Labute approximate surface area is 102 Å². The van der Waals surface area contributed by atoms with E-state index in [4.69, 9.17) is 9.47 Å². The topological polar surface area (TPSA) is 38.7 Å². The van der Waals surface area contributed by atoms with Gasteiger partial charge in [0.1, 0.15) is 0 Å². The first-order valence-electron chi connectivity index (χ1n) is 5.99. The summed E-state index contributed by atoms with van der Waals surface area (Å²) in [6, 6.07) is 7.80. The number of rotatable bonds is 2. The van der Waals surface area contributed by atoms with Crippen molar-refractivity contribution in [2.24, 2.45) is 5.41 Å². The molecule has 0 bridgehead atoms. The van der Waals surface area contributed by atoms with Gasteiger partial charge in [0.25, 0.3) is 0 Å². The molecule has 1 aliphatic rings. The van der Waals surface area contributed by atoms with E-state index in [9.17, 15) is 5.11 Å². The maximum absolute atomic E-state index is 10.2. The molecule has 3 heteroatoms. The van der Waals surface area contributed by atoms with E-state index in [0.29, 0.717) is 13.2 Å². The third kappa shape index (κ3) is 2.86. The highest BCUT2D eigenvalue weighted by Gasteiger charge is 2.24. The molecule has 0 aromatic heterocycles. The Bertz CT molecular complexity index is 358. The van der Waals surface area contributed by atoms with E-state index < -0.39 is 6.10 Å². The molecule has 1 heterocycles. The predicted molar refractivity (Wildman–Crippen MR) is 65.5 cm³/mol. The summed E-state index contributed by atoms with van der Waals surface area (Å²) in [6.45, 7) is 7.37. The summed E-state index contributed by atoms with van der Waals surface area (Å²) in [7, 11) is 0. The van der Waals surface area contributed by atoms with Gasteiger partial charge in [-0.15, -0.1) is 0 Å². The smallest absolute Gasteiger partial charge is 0.184 e. The molecule has 94 valence electrons. The van der Waals surface area contributed by atoms with E-state index in [-0.39, 0.29) is 11.7 Å². The van der Waals surface area contributed by atoms with E-state index >= 15 is 0 Å². The fraction of sp³-hybridized carbons (Fsp3) is 0.571. The molecule has 0 amide bonds. The summed E-state index contributed by atoms with van der Waals surface area (Å²) in [6.07, 6.45) is -0.696. The van der Waals surface area contributed by atoms with Crippen LogP contribution < -0.4 is 0 Å². The normalized spacial score (nSPS) is 19.5. The van der Waals surface area contributed by atoms with Gasteiger partial charge in [-0.3, -0.25) is 0 Å². The highest BCUT2D eigenvalue weighted by Crippen LogP contribution is 2.33. The Morgan fingerprint density at radius 3 is 2.12 bits per heavy atom. The minimum Gasteiger partial charge on any atom is -0.388 e. The van der Waals surface area contributed by atoms with Crippen LogP contribution in [0.1, 0.15) is 44.3 Å². The molecule has 0 radical (unpaired) electrons. The molecule has 1 unspecified atom stereocenters. The maximum Gasteiger partial charge on any atom is 0.184 e. The Hall–Kier alpha value is -0.900. The van der Waals surface area contributed by atoms with Crippen LogP contribution in [-0.4, -0.2) is 18.3 Å². The molecule has 17 heavy (non-hydrogen) atoms. The monoisotopic (exact) mass is 236 g/mol. The van der Waals surface area contributed by atoms with Gasteiger partial charge in [0, 0.05) is 5.56 Å². The lowest BCUT2D eigenvalue weighted by atomic mass is 9.84. The molecule has 2 rings (SSSR count). The summed E-state index contributed by atoms with van der Waals surface area (Å²) in [4.78, 5) is 0. The first-order chi connectivity index (χ1) is 7.98. The summed E-state index contributed by atoms with van der Waals surface area (Å²) in [5.74, 6) is 0. The third-order valence-electron chi connectivity index (χ3n) is 2.97. The number of aliphatic hydroxyl groups is 1. The van der Waals surface area contributed by atoms with Crippen molar-refractivity contribution in [2.45, 2.75) is 33.2 Å². The van der Waals surface area contributed by atoms with Crippen molar-refractivity contribution < 1.29 is 14.6 Å². The van der Waals surface area contributed by atoms with Crippen molar-refractivity contribution in [3.05, 3.63) is 35.4 Å².